The lowest BCUT2D eigenvalue weighted by molar-refractivity contribution is 0.239. The minimum absolute atomic E-state index is 0. The highest BCUT2D eigenvalue weighted by Gasteiger charge is 2.20. The van der Waals surface area contributed by atoms with Crippen molar-refractivity contribution in [3.8, 4) is 0 Å². The first-order valence-electron chi connectivity index (χ1n) is 6.87. The Balaban J connectivity index is 0.00000242. The zero-order valence-corrected chi connectivity index (χ0v) is 15.6. The van der Waals surface area contributed by atoms with Gasteiger partial charge in [-0.05, 0) is 25.1 Å². The van der Waals surface area contributed by atoms with E-state index in [1.807, 2.05) is 0 Å². The van der Waals surface area contributed by atoms with Crippen molar-refractivity contribution in [2.45, 2.75) is 11.3 Å². The number of halogens is 4. The Morgan fingerprint density at radius 3 is 2.57 bits per heavy atom. The molecule has 1 saturated heterocycles. The predicted octanol–water partition coefficient (Wildman–Crippen LogP) is 1.90. The summed E-state index contributed by atoms with van der Waals surface area (Å²) >= 11 is 5.60. The molecule has 0 spiro atoms. The maximum atomic E-state index is 13.7. The van der Waals surface area contributed by atoms with Crippen LogP contribution in [0.4, 0.5) is 4.39 Å². The number of rotatable bonds is 6. The minimum atomic E-state index is -3.86. The van der Waals surface area contributed by atoms with Crippen molar-refractivity contribution in [3.63, 3.8) is 0 Å². The Labute approximate surface area is 153 Å². The van der Waals surface area contributed by atoms with Crippen molar-refractivity contribution in [1.82, 2.24) is 14.9 Å². The summed E-state index contributed by atoms with van der Waals surface area (Å²) in [6.45, 7) is 4.95. The van der Waals surface area contributed by atoms with Gasteiger partial charge < -0.3 is 10.2 Å². The third-order valence-electron chi connectivity index (χ3n) is 3.36. The summed E-state index contributed by atoms with van der Waals surface area (Å²) in [5.41, 5.74) is 0. The van der Waals surface area contributed by atoms with E-state index in [1.54, 1.807) is 0 Å². The standard InChI is InChI=1S/C13H19ClFN3O2S.2ClH/c14-11-3-1-4-12(13(11)15)21(19,20)17-5-2-8-18-9-6-16-7-10-18;;/h1,3-4,16-17H,2,5-10H2;2*1H. The quantitative estimate of drug-likeness (QED) is 0.706. The molecule has 2 rings (SSSR count). The normalized spacial score (nSPS) is 15.6. The SMILES string of the molecule is Cl.Cl.O=S(=O)(NCCCN1CCNCC1)c1cccc(Cl)c1F. The summed E-state index contributed by atoms with van der Waals surface area (Å²) in [5, 5.41) is 3.06. The van der Waals surface area contributed by atoms with Crippen LogP contribution in [0.5, 0.6) is 0 Å². The molecule has 5 nitrogen and oxygen atoms in total. The van der Waals surface area contributed by atoms with E-state index in [4.69, 9.17) is 11.6 Å². The highest BCUT2D eigenvalue weighted by atomic mass is 35.5. The first-order valence-corrected chi connectivity index (χ1v) is 8.73. The number of nitrogens with one attached hydrogen (secondary N) is 2. The van der Waals surface area contributed by atoms with Gasteiger partial charge >= 0.3 is 0 Å². The van der Waals surface area contributed by atoms with Gasteiger partial charge in [0.2, 0.25) is 10.0 Å². The van der Waals surface area contributed by atoms with E-state index in [9.17, 15) is 12.8 Å². The Morgan fingerprint density at radius 1 is 1.26 bits per heavy atom. The molecule has 0 aromatic heterocycles. The molecule has 1 aliphatic rings. The molecular weight excluding hydrogens is 388 g/mol. The second kappa shape index (κ2) is 10.7. The zero-order valence-electron chi connectivity index (χ0n) is 12.4. The molecule has 1 fully saturated rings. The van der Waals surface area contributed by atoms with Gasteiger partial charge in [0.1, 0.15) is 4.90 Å². The van der Waals surface area contributed by atoms with Crippen molar-refractivity contribution < 1.29 is 12.8 Å². The molecule has 0 radical (unpaired) electrons. The fourth-order valence-corrected chi connectivity index (χ4v) is 3.62. The summed E-state index contributed by atoms with van der Waals surface area (Å²) in [6.07, 6.45) is 0.682. The van der Waals surface area contributed by atoms with Gasteiger partial charge in [-0.3, -0.25) is 0 Å². The fraction of sp³-hybridized carbons (Fsp3) is 0.538. The Hall–Kier alpha value is -0.150. The van der Waals surface area contributed by atoms with Gasteiger partial charge in [-0.25, -0.2) is 17.5 Å². The summed E-state index contributed by atoms with van der Waals surface area (Å²) < 4.78 is 40.2. The Bertz CT molecular complexity index is 584. The molecule has 23 heavy (non-hydrogen) atoms. The maximum absolute atomic E-state index is 13.7. The van der Waals surface area contributed by atoms with Gasteiger partial charge in [0, 0.05) is 32.7 Å². The van der Waals surface area contributed by atoms with E-state index < -0.39 is 20.7 Å². The van der Waals surface area contributed by atoms with Crippen LogP contribution in [0.1, 0.15) is 6.42 Å². The molecule has 1 aromatic carbocycles. The first-order chi connectivity index (χ1) is 10.0. The molecule has 0 atom stereocenters. The number of nitrogens with zero attached hydrogens (tertiary/aromatic N) is 1. The van der Waals surface area contributed by atoms with E-state index in [2.05, 4.69) is 14.9 Å². The van der Waals surface area contributed by atoms with E-state index >= 15 is 0 Å². The third kappa shape index (κ3) is 6.70. The van der Waals surface area contributed by atoms with E-state index in [-0.39, 0.29) is 36.4 Å². The molecule has 0 unspecified atom stereocenters. The van der Waals surface area contributed by atoms with Crippen molar-refractivity contribution in [1.29, 1.82) is 0 Å². The molecule has 1 aliphatic heterocycles. The van der Waals surface area contributed by atoms with Gasteiger partial charge in [0.25, 0.3) is 0 Å². The lowest BCUT2D eigenvalue weighted by Crippen LogP contribution is -2.44. The Kier molecular flexibility index (Phi) is 10.6. The third-order valence-corrected chi connectivity index (χ3v) is 5.13. The van der Waals surface area contributed by atoms with Crippen molar-refractivity contribution in [2.24, 2.45) is 0 Å². The number of piperazine rings is 1. The molecule has 0 aliphatic carbocycles. The maximum Gasteiger partial charge on any atom is 0.243 e. The number of benzene rings is 1. The summed E-state index contributed by atoms with van der Waals surface area (Å²) in [5.74, 6) is -0.909. The van der Waals surface area contributed by atoms with Crippen LogP contribution in [0.2, 0.25) is 5.02 Å². The van der Waals surface area contributed by atoms with Crippen molar-refractivity contribution >= 4 is 46.4 Å². The minimum Gasteiger partial charge on any atom is -0.314 e. The van der Waals surface area contributed by atoms with Crippen LogP contribution < -0.4 is 10.0 Å². The van der Waals surface area contributed by atoms with Crippen molar-refractivity contribution in [3.05, 3.63) is 29.0 Å². The highest BCUT2D eigenvalue weighted by Crippen LogP contribution is 2.21. The highest BCUT2D eigenvalue weighted by molar-refractivity contribution is 7.89. The molecular formula is C13H21Cl3FN3O2S. The van der Waals surface area contributed by atoms with Gasteiger partial charge in [0.05, 0.1) is 5.02 Å². The van der Waals surface area contributed by atoms with E-state index in [0.717, 1.165) is 32.7 Å². The molecule has 1 heterocycles. The summed E-state index contributed by atoms with van der Waals surface area (Å²) in [7, 11) is -3.86. The fourth-order valence-electron chi connectivity index (χ4n) is 2.21. The van der Waals surface area contributed by atoms with Crippen LogP contribution in [0.3, 0.4) is 0 Å². The molecule has 0 saturated carbocycles. The second-order valence-electron chi connectivity index (χ2n) is 4.89. The molecule has 134 valence electrons. The van der Waals surface area contributed by atoms with Gasteiger partial charge in [0.15, 0.2) is 5.82 Å². The molecule has 1 aromatic rings. The molecule has 0 amide bonds. The first kappa shape index (κ1) is 22.9. The van der Waals surface area contributed by atoms with E-state index in [0.29, 0.717) is 6.42 Å². The topological polar surface area (TPSA) is 61.4 Å². The summed E-state index contributed by atoms with van der Waals surface area (Å²) in [4.78, 5) is 1.86. The monoisotopic (exact) mass is 407 g/mol. The lowest BCUT2D eigenvalue weighted by atomic mass is 10.3. The smallest absolute Gasteiger partial charge is 0.243 e. The van der Waals surface area contributed by atoms with Crippen LogP contribution in [0.25, 0.3) is 0 Å². The molecule has 0 bridgehead atoms. The summed E-state index contributed by atoms with van der Waals surface area (Å²) in [6, 6.07) is 3.95. The second-order valence-corrected chi connectivity index (χ2v) is 7.04. The molecule has 10 heteroatoms. The zero-order chi connectivity index (χ0) is 15.3. The van der Waals surface area contributed by atoms with Crippen LogP contribution in [0, 0.1) is 5.82 Å². The average Bonchev–Trinajstić information content (AvgIpc) is 2.47. The average molecular weight is 409 g/mol. The van der Waals surface area contributed by atoms with Crippen molar-refractivity contribution in [2.75, 3.05) is 39.3 Å². The van der Waals surface area contributed by atoms with Crippen LogP contribution in [-0.2, 0) is 10.0 Å². The largest absolute Gasteiger partial charge is 0.314 e. The van der Waals surface area contributed by atoms with Gasteiger partial charge in [-0.15, -0.1) is 24.8 Å². The Morgan fingerprint density at radius 2 is 1.91 bits per heavy atom. The van der Waals surface area contributed by atoms with E-state index in [1.165, 1.54) is 18.2 Å². The molecule has 2 N–H and O–H groups in total. The van der Waals surface area contributed by atoms with Gasteiger partial charge in [-0.2, -0.15) is 0 Å². The van der Waals surface area contributed by atoms with Crippen LogP contribution in [0.15, 0.2) is 23.1 Å². The lowest BCUT2D eigenvalue weighted by Gasteiger charge is -2.27. The van der Waals surface area contributed by atoms with Crippen LogP contribution in [-0.4, -0.2) is 52.6 Å². The van der Waals surface area contributed by atoms with Gasteiger partial charge in [-0.1, -0.05) is 17.7 Å². The predicted molar refractivity (Wildman–Crippen MR) is 95.0 cm³/mol. The number of hydrogen-bond acceptors (Lipinski definition) is 4. The van der Waals surface area contributed by atoms with Crippen LogP contribution >= 0.6 is 36.4 Å². The number of hydrogen-bond donors (Lipinski definition) is 2. The number of sulfonamides is 1.